The quantitative estimate of drug-likeness (QED) is 0.640. The van der Waals surface area contributed by atoms with Gasteiger partial charge in [0.1, 0.15) is 0 Å². The van der Waals surface area contributed by atoms with Gasteiger partial charge in [0, 0.05) is 20.0 Å². The molecule has 0 aromatic heterocycles. The Morgan fingerprint density at radius 1 is 1.62 bits per heavy atom. The standard InChI is InChI=1S/C9H17NO2S/c1-10(4-5-11)8(12)6-9(7-13)2-3-9/h11,13H,2-7H2,1H3. The Morgan fingerprint density at radius 3 is 2.62 bits per heavy atom. The lowest BCUT2D eigenvalue weighted by Gasteiger charge is -2.19. The van der Waals surface area contributed by atoms with Gasteiger partial charge in [0.15, 0.2) is 0 Å². The summed E-state index contributed by atoms with van der Waals surface area (Å²) in [6.07, 6.45) is 2.83. The molecule has 0 radical (unpaired) electrons. The van der Waals surface area contributed by atoms with Crippen LogP contribution in [-0.2, 0) is 4.79 Å². The van der Waals surface area contributed by atoms with Crippen molar-refractivity contribution < 1.29 is 9.90 Å². The molecular formula is C9H17NO2S. The van der Waals surface area contributed by atoms with Crippen molar-refractivity contribution in [2.75, 3.05) is 26.0 Å². The first kappa shape index (κ1) is 10.9. The number of carbonyl (C=O) groups is 1. The summed E-state index contributed by atoms with van der Waals surface area (Å²) in [6.45, 7) is 0.470. The van der Waals surface area contributed by atoms with Gasteiger partial charge in [-0.1, -0.05) is 0 Å². The molecule has 0 aromatic carbocycles. The van der Waals surface area contributed by atoms with E-state index in [-0.39, 0.29) is 17.9 Å². The molecule has 1 aliphatic rings. The molecule has 1 saturated carbocycles. The second kappa shape index (κ2) is 4.33. The molecule has 1 aliphatic carbocycles. The van der Waals surface area contributed by atoms with Gasteiger partial charge < -0.3 is 10.0 Å². The number of hydrogen-bond donors (Lipinski definition) is 2. The van der Waals surface area contributed by atoms with Gasteiger partial charge in [-0.05, 0) is 24.0 Å². The van der Waals surface area contributed by atoms with E-state index < -0.39 is 0 Å². The zero-order valence-electron chi connectivity index (χ0n) is 7.99. The van der Waals surface area contributed by atoms with E-state index in [9.17, 15) is 4.79 Å². The number of aliphatic hydroxyl groups is 1. The van der Waals surface area contributed by atoms with E-state index >= 15 is 0 Å². The number of amides is 1. The summed E-state index contributed by atoms with van der Waals surface area (Å²) in [5, 5.41) is 8.65. The van der Waals surface area contributed by atoms with Gasteiger partial charge in [0.05, 0.1) is 6.61 Å². The van der Waals surface area contributed by atoms with E-state index in [1.165, 1.54) is 0 Å². The van der Waals surface area contributed by atoms with Gasteiger partial charge in [0.2, 0.25) is 5.91 Å². The zero-order valence-corrected chi connectivity index (χ0v) is 8.89. The van der Waals surface area contributed by atoms with Crippen molar-refractivity contribution >= 4 is 18.5 Å². The van der Waals surface area contributed by atoms with Crippen molar-refractivity contribution in [2.45, 2.75) is 19.3 Å². The largest absolute Gasteiger partial charge is 0.395 e. The molecule has 0 saturated heterocycles. The van der Waals surface area contributed by atoms with Crippen LogP contribution in [-0.4, -0.2) is 41.9 Å². The molecule has 0 bridgehead atoms. The fraction of sp³-hybridized carbons (Fsp3) is 0.889. The number of nitrogens with zero attached hydrogens (tertiary/aromatic N) is 1. The second-order valence-electron chi connectivity index (χ2n) is 3.87. The van der Waals surface area contributed by atoms with Gasteiger partial charge in [-0.3, -0.25) is 4.79 Å². The highest BCUT2D eigenvalue weighted by molar-refractivity contribution is 7.80. The van der Waals surface area contributed by atoms with Crippen LogP contribution in [0.2, 0.25) is 0 Å². The predicted molar refractivity (Wildman–Crippen MR) is 54.9 cm³/mol. The molecule has 0 aliphatic heterocycles. The lowest BCUT2D eigenvalue weighted by atomic mass is 10.0. The average molecular weight is 203 g/mol. The van der Waals surface area contributed by atoms with Crippen molar-refractivity contribution in [3.63, 3.8) is 0 Å². The highest BCUT2D eigenvalue weighted by atomic mass is 32.1. The van der Waals surface area contributed by atoms with E-state index in [0.29, 0.717) is 13.0 Å². The Kier molecular flexibility index (Phi) is 3.62. The Hall–Kier alpha value is -0.220. The van der Waals surface area contributed by atoms with Crippen LogP contribution in [0.1, 0.15) is 19.3 Å². The van der Waals surface area contributed by atoms with Crippen molar-refractivity contribution in [2.24, 2.45) is 5.41 Å². The third-order valence-corrected chi connectivity index (χ3v) is 3.35. The molecule has 1 rings (SSSR count). The average Bonchev–Trinajstić information content (AvgIpc) is 2.86. The van der Waals surface area contributed by atoms with Crippen LogP contribution in [0.3, 0.4) is 0 Å². The molecule has 3 nitrogen and oxygen atoms in total. The van der Waals surface area contributed by atoms with Gasteiger partial charge >= 0.3 is 0 Å². The lowest BCUT2D eigenvalue weighted by molar-refractivity contribution is -0.131. The number of rotatable bonds is 5. The summed E-state index contributed by atoms with van der Waals surface area (Å²) >= 11 is 4.24. The molecule has 1 N–H and O–H groups in total. The summed E-state index contributed by atoms with van der Waals surface area (Å²) in [6, 6.07) is 0. The molecule has 0 atom stereocenters. The van der Waals surface area contributed by atoms with E-state index in [1.807, 2.05) is 0 Å². The van der Waals surface area contributed by atoms with Gasteiger partial charge in [-0.2, -0.15) is 12.6 Å². The molecule has 0 spiro atoms. The van der Waals surface area contributed by atoms with Gasteiger partial charge in [-0.25, -0.2) is 0 Å². The normalized spacial score (nSPS) is 18.4. The van der Waals surface area contributed by atoms with Crippen molar-refractivity contribution in [3.05, 3.63) is 0 Å². The molecule has 0 heterocycles. The monoisotopic (exact) mass is 203 g/mol. The summed E-state index contributed by atoms with van der Waals surface area (Å²) in [7, 11) is 1.73. The molecule has 1 fully saturated rings. The van der Waals surface area contributed by atoms with Crippen LogP contribution in [0.25, 0.3) is 0 Å². The van der Waals surface area contributed by atoms with Crippen LogP contribution >= 0.6 is 12.6 Å². The third kappa shape index (κ3) is 2.88. The summed E-state index contributed by atoms with van der Waals surface area (Å²) in [4.78, 5) is 13.1. The second-order valence-corrected chi connectivity index (χ2v) is 4.19. The Labute approximate surface area is 84.5 Å². The molecule has 13 heavy (non-hydrogen) atoms. The third-order valence-electron chi connectivity index (χ3n) is 2.68. The van der Waals surface area contributed by atoms with Crippen molar-refractivity contribution in [1.29, 1.82) is 0 Å². The number of aliphatic hydroxyl groups excluding tert-OH is 1. The highest BCUT2D eigenvalue weighted by Gasteiger charge is 2.43. The van der Waals surface area contributed by atoms with E-state index in [0.717, 1.165) is 18.6 Å². The fourth-order valence-corrected chi connectivity index (χ4v) is 1.73. The van der Waals surface area contributed by atoms with Crippen molar-refractivity contribution in [1.82, 2.24) is 4.90 Å². The van der Waals surface area contributed by atoms with E-state index in [4.69, 9.17) is 5.11 Å². The fourth-order valence-electron chi connectivity index (χ4n) is 1.30. The molecule has 1 amide bonds. The number of likely N-dealkylation sites (N-methyl/N-ethyl adjacent to an activating group) is 1. The zero-order chi connectivity index (χ0) is 9.90. The minimum atomic E-state index is 0.0378. The minimum Gasteiger partial charge on any atom is -0.395 e. The van der Waals surface area contributed by atoms with Crippen molar-refractivity contribution in [3.8, 4) is 0 Å². The Bertz CT molecular complexity index is 192. The van der Waals surface area contributed by atoms with Crippen LogP contribution < -0.4 is 0 Å². The minimum absolute atomic E-state index is 0.0378. The molecule has 0 aromatic rings. The summed E-state index contributed by atoms with van der Waals surface area (Å²) < 4.78 is 0. The first-order valence-corrected chi connectivity index (χ1v) is 5.22. The number of carbonyl (C=O) groups excluding carboxylic acids is 1. The van der Waals surface area contributed by atoms with Gasteiger partial charge in [-0.15, -0.1) is 0 Å². The van der Waals surface area contributed by atoms with Gasteiger partial charge in [0.25, 0.3) is 0 Å². The summed E-state index contributed by atoms with van der Waals surface area (Å²) in [5.41, 5.74) is 0.184. The maximum absolute atomic E-state index is 11.5. The lowest BCUT2D eigenvalue weighted by Crippen LogP contribution is -2.31. The maximum Gasteiger partial charge on any atom is 0.222 e. The first-order valence-electron chi connectivity index (χ1n) is 4.59. The summed E-state index contributed by atoms with van der Waals surface area (Å²) in [5.74, 6) is 0.923. The number of thiol groups is 1. The van der Waals surface area contributed by atoms with Crippen LogP contribution in [0.15, 0.2) is 0 Å². The molecule has 76 valence electrons. The Morgan fingerprint density at radius 2 is 2.23 bits per heavy atom. The van der Waals surface area contributed by atoms with E-state index in [2.05, 4.69) is 12.6 Å². The van der Waals surface area contributed by atoms with Crippen LogP contribution in [0.4, 0.5) is 0 Å². The van der Waals surface area contributed by atoms with Crippen LogP contribution in [0, 0.1) is 5.41 Å². The predicted octanol–water partition coefficient (Wildman–Crippen LogP) is 0.537. The van der Waals surface area contributed by atoms with E-state index in [1.54, 1.807) is 11.9 Å². The first-order chi connectivity index (χ1) is 6.13. The Balaban J connectivity index is 2.32. The number of hydrogen-bond acceptors (Lipinski definition) is 3. The topological polar surface area (TPSA) is 40.5 Å². The SMILES string of the molecule is CN(CCO)C(=O)CC1(CS)CC1. The maximum atomic E-state index is 11.5. The molecular weight excluding hydrogens is 186 g/mol. The molecule has 0 unspecified atom stereocenters. The smallest absolute Gasteiger partial charge is 0.222 e. The van der Waals surface area contributed by atoms with Crippen LogP contribution in [0.5, 0.6) is 0 Å². The highest BCUT2D eigenvalue weighted by Crippen LogP contribution is 2.49. The molecule has 4 heteroatoms.